The standard InChI is InChI=1S/C11H16N2O/c1-13-11(12)8-7-9-5-3-4-6-10(9)14-2/h3-6H,7-8H2,1-2H3,(H2,12,13). The number of aliphatic imine (C=N–C) groups is 1. The largest absolute Gasteiger partial charge is 0.496 e. The molecule has 3 nitrogen and oxygen atoms in total. The van der Waals surface area contributed by atoms with Gasteiger partial charge in [0.2, 0.25) is 0 Å². The first-order valence-corrected chi connectivity index (χ1v) is 4.61. The van der Waals surface area contributed by atoms with Gasteiger partial charge in [-0.3, -0.25) is 4.99 Å². The molecule has 0 aliphatic rings. The Morgan fingerprint density at radius 2 is 2.14 bits per heavy atom. The number of nitrogens with two attached hydrogens (primary N) is 1. The van der Waals surface area contributed by atoms with Crippen molar-refractivity contribution >= 4 is 5.84 Å². The zero-order valence-corrected chi connectivity index (χ0v) is 8.66. The van der Waals surface area contributed by atoms with Crippen LogP contribution in [0.15, 0.2) is 29.3 Å². The summed E-state index contributed by atoms with van der Waals surface area (Å²) >= 11 is 0. The van der Waals surface area contributed by atoms with Gasteiger partial charge >= 0.3 is 0 Å². The molecule has 1 aromatic carbocycles. The molecule has 14 heavy (non-hydrogen) atoms. The van der Waals surface area contributed by atoms with Gasteiger partial charge < -0.3 is 10.5 Å². The minimum Gasteiger partial charge on any atom is -0.496 e. The molecule has 0 saturated carbocycles. The van der Waals surface area contributed by atoms with Crippen molar-refractivity contribution in [1.82, 2.24) is 0 Å². The molecule has 0 saturated heterocycles. The number of hydrogen-bond acceptors (Lipinski definition) is 2. The fourth-order valence-corrected chi connectivity index (χ4v) is 1.28. The molecule has 0 bridgehead atoms. The third kappa shape index (κ3) is 2.76. The van der Waals surface area contributed by atoms with Crippen LogP contribution in [0.1, 0.15) is 12.0 Å². The third-order valence-electron chi connectivity index (χ3n) is 2.13. The van der Waals surface area contributed by atoms with Crippen LogP contribution in [-0.4, -0.2) is 20.0 Å². The first-order chi connectivity index (χ1) is 6.77. The van der Waals surface area contributed by atoms with Crippen LogP contribution in [0.5, 0.6) is 5.75 Å². The molecule has 2 N–H and O–H groups in total. The zero-order chi connectivity index (χ0) is 10.4. The van der Waals surface area contributed by atoms with Crippen LogP contribution in [0.25, 0.3) is 0 Å². The second kappa shape index (κ2) is 5.27. The van der Waals surface area contributed by atoms with Crippen LogP contribution in [0.2, 0.25) is 0 Å². The normalized spacial score (nSPS) is 11.4. The number of hydrogen-bond donors (Lipinski definition) is 1. The number of rotatable bonds is 4. The first-order valence-electron chi connectivity index (χ1n) is 4.61. The van der Waals surface area contributed by atoms with Crippen LogP contribution >= 0.6 is 0 Å². The van der Waals surface area contributed by atoms with E-state index in [1.807, 2.05) is 24.3 Å². The minimum absolute atomic E-state index is 0.677. The molecule has 1 aromatic rings. The Hall–Kier alpha value is -1.51. The van der Waals surface area contributed by atoms with Gasteiger partial charge in [-0.2, -0.15) is 0 Å². The number of benzene rings is 1. The molecule has 0 spiro atoms. The maximum absolute atomic E-state index is 5.62. The summed E-state index contributed by atoms with van der Waals surface area (Å²) in [4.78, 5) is 3.91. The van der Waals surface area contributed by atoms with Gasteiger partial charge in [0, 0.05) is 13.5 Å². The first kappa shape index (κ1) is 10.6. The average molecular weight is 192 g/mol. The molecule has 0 aliphatic carbocycles. The lowest BCUT2D eigenvalue weighted by atomic mass is 10.1. The highest BCUT2D eigenvalue weighted by Crippen LogP contribution is 2.18. The summed E-state index contributed by atoms with van der Waals surface area (Å²) in [5.41, 5.74) is 6.79. The van der Waals surface area contributed by atoms with Crippen LogP contribution in [-0.2, 0) is 6.42 Å². The number of para-hydroxylation sites is 1. The second-order valence-electron chi connectivity index (χ2n) is 3.03. The van der Waals surface area contributed by atoms with E-state index in [1.165, 1.54) is 5.56 Å². The van der Waals surface area contributed by atoms with Crippen molar-refractivity contribution in [3.63, 3.8) is 0 Å². The van der Waals surface area contributed by atoms with Crippen LogP contribution < -0.4 is 10.5 Å². The van der Waals surface area contributed by atoms with Crippen molar-refractivity contribution in [1.29, 1.82) is 0 Å². The smallest absolute Gasteiger partial charge is 0.122 e. The average Bonchev–Trinajstić information content (AvgIpc) is 2.26. The molecule has 1 rings (SSSR count). The molecular weight excluding hydrogens is 176 g/mol. The van der Waals surface area contributed by atoms with Crippen molar-refractivity contribution < 1.29 is 4.74 Å². The maximum Gasteiger partial charge on any atom is 0.122 e. The molecule has 0 amide bonds. The summed E-state index contributed by atoms with van der Waals surface area (Å²) < 4.78 is 5.23. The van der Waals surface area contributed by atoms with E-state index in [-0.39, 0.29) is 0 Å². The molecule has 76 valence electrons. The van der Waals surface area contributed by atoms with Crippen molar-refractivity contribution in [2.45, 2.75) is 12.8 Å². The number of nitrogens with zero attached hydrogens (tertiary/aromatic N) is 1. The highest BCUT2D eigenvalue weighted by molar-refractivity contribution is 5.80. The lowest BCUT2D eigenvalue weighted by molar-refractivity contribution is 0.410. The molecule has 0 radical (unpaired) electrons. The van der Waals surface area contributed by atoms with Crippen molar-refractivity contribution in [3.05, 3.63) is 29.8 Å². The number of aryl methyl sites for hydroxylation is 1. The molecule has 0 aliphatic heterocycles. The number of ether oxygens (including phenoxy) is 1. The highest BCUT2D eigenvalue weighted by Gasteiger charge is 2.01. The number of amidine groups is 1. The van der Waals surface area contributed by atoms with Gasteiger partial charge in [0.1, 0.15) is 5.75 Å². The number of methoxy groups -OCH3 is 1. The van der Waals surface area contributed by atoms with E-state index >= 15 is 0 Å². The van der Waals surface area contributed by atoms with Crippen LogP contribution in [0.4, 0.5) is 0 Å². The van der Waals surface area contributed by atoms with E-state index in [0.717, 1.165) is 18.6 Å². The Labute approximate surface area is 84.6 Å². The van der Waals surface area contributed by atoms with Gasteiger partial charge in [-0.1, -0.05) is 18.2 Å². The predicted octanol–water partition coefficient (Wildman–Crippen LogP) is 1.61. The van der Waals surface area contributed by atoms with Gasteiger partial charge in [-0.15, -0.1) is 0 Å². The molecule has 0 aromatic heterocycles. The third-order valence-corrected chi connectivity index (χ3v) is 2.13. The fourth-order valence-electron chi connectivity index (χ4n) is 1.28. The topological polar surface area (TPSA) is 47.6 Å². The van der Waals surface area contributed by atoms with Crippen molar-refractivity contribution in [2.24, 2.45) is 10.7 Å². The van der Waals surface area contributed by atoms with Gasteiger partial charge in [-0.05, 0) is 18.1 Å². The summed E-state index contributed by atoms with van der Waals surface area (Å²) in [6.45, 7) is 0. The van der Waals surface area contributed by atoms with Crippen LogP contribution in [0, 0.1) is 0 Å². The fraction of sp³-hybridized carbons (Fsp3) is 0.364. The Morgan fingerprint density at radius 1 is 1.43 bits per heavy atom. The van der Waals surface area contributed by atoms with E-state index in [9.17, 15) is 0 Å². The van der Waals surface area contributed by atoms with E-state index in [1.54, 1.807) is 14.2 Å². The Bertz CT molecular complexity index is 321. The summed E-state index contributed by atoms with van der Waals surface area (Å²) in [7, 11) is 3.38. The van der Waals surface area contributed by atoms with Crippen molar-refractivity contribution in [2.75, 3.05) is 14.2 Å². The van der Waals surface area contributed by atoms with E-state index in [2.05, 4.69) is 4.99 Å². The molecule has 0 fully saturated rings. The lowest BCUT2D eigenvalue weighted by Gasteiger charge is -2.07. The van der Waals surface area contributed by atoms with Gasteiger partial charge in [0.15, 0.2) is 0 Å². The molecular formula is C11H16N2O. The zero-order valence-electron chi connectivity index (χ0n) is 8.66. The van der Waals surface area contributed by atoms with Crippen molar-refractivity contribution in [3.8, 4) is 5.75 Å². The van der Waals surface area contributed by atoms with Gasteiger partial charge in [0.25, 0.3) is 0 Å². The van der Waals surface area contributed by atoms with Crippen LogP contribution in [0.3, 0.4) is 0 Å². The Balaban J connectivity index is 2.66. The Kier molecular flexibility index (Phi) is 3.98. The summed E-state index contributed by atoms with van der Waals surface area (Å²) in [5.74, 6) is 1.59. The summed E-state index contributed by atoms with van der Waals surface area (Å²) in [6.07, 6.45) is 1.64. The predicted molar refractivity (Wildman–Crippen MR) is 58.9 cm³/mol. The van der Waals surface area contributed by atoms with Gasteiger partial charge in [0.05, 0.1) is 12.9 Å². The maximum atomic E-state index is 5.62. The van der Waals surface area contributed by atoms with Gasteiger partial charge in [-0.25, -0.2) is 0 Å². The SMILES string of the molecule is CN=C(N)CCc1ccccc1OC. The van der Waals surface area contributed by atoms with E-state index in [0.29, 0.717) is 5.84 Å². The monoisotopic (exact) mass is 192 g/mol. The quantitative estimate of drug-likeness (QED) is 0.582. The van der Waals surface area contributed by atoms with E-state index < -0.39 is 0 Å². The molecule has 3 heteroatoms. The molecule has 0 unspecified atom stereocenters. The lowest BCUT2D eigenvalue weighted by Crippen LogP contribution is -2.12. The highest BCUT2D eigenvalue weighted by atomic mass is 16.5. The second-order valence-corrected chi connectivity index (χ2v) is 3.03. The molecule has 0 atom stereocenters. The Morgan fingerprint density at radius 3 is 2.79 bits per heavy atom. The summed E-state index contributed by atoms with van der Waals surface area (Å²) in [5, 5.41) is 0. The minimum atomic E-state index is 0.677. The van der Waals surface area contributed by atoms with E-state index in [4.69, 9.17) is 10.5 Å². The summed E-state index contributed by atoms with van der Waals surface area (Å²) in [6, 6.07) is 7.95. The molecule has 0 heterocycles.